The molecule has 122 valence electrons. The molecule has 2 heterocycles. The maximum absolute atomic E-state index is 12.5. The molecule has 1 aliphatic rings. The quantitative estimate of drug-likeness (QED) is 0.862. The predicted molar refractivity (Wildman–Crippen MR) is 92.7 cm³/mol. The van der Waals surface area contributed by atoms with E-state index in [1.54, 1.807) is 0 Å². The van der Waals surface area contributed by atoms with E-state index >= 15 is 0 Å². The number of hydrogen-bond donors (Lipinski definition) is 2. The van der Waals surface area contributed by atoms with Crippen molar-refractivity contribution in [3.63, 3.8) is 0 Å². The highest BCUT2D eigenvalue weighted by molar-refractivity contribution is 9.10. The molecule has 2 N–H and O–H groups in total. The van der Waals surface area contributed by atoms with Gasteiger partial charge < -0.3 is 10.6 Å². The van der Waals surface area contributed by atoms with Gasteiger partial charge in [-0.2, -0.15) is 0 Å². The van der Waals surface area contributed by atoms with Crippen molar-refractivity contribution in [1.29, 1.82) is 0 Å². The van der Waals surface area contributed by atoms with Crippen molar-refractivity contribution in [3.8, 4) is 0 Å². The van der Waals surface area contributed by atoms with Gasteiger partial charge in [0, 0.05) is 10.2 Å². The zero-order valence-electron chi connectivity index (χ0n) is 13.3. The van der Waals surface area contributed by atoms with Gasteiger partial charge in [0.05, 0.1) is 11.7 Å². The largest absolute Gasteiger partial charge is 0.320 e. The van der Waals surface area contributed by atoms with Crippen LogP contribution in [0.5, 0.6) is 0 Å². The van der Waals surface area contributed by atoms with Gasteiger partial charge in [0.15, 0.2) is 5.69 Å². The molecule has 0 aliphatic carbocycles. The second-order valence-electron chi connectivity index (χ2n) is 5.82. The summed E-state index contributed by atoms with van der Waals surface area (Å²) in [7, 11) is 0. The number of nitrogens with one attached hydrogen (secondary N) is 2. The number of nitrogens with zero attached hydrogens (tertiary/aromatic N) is 3. The van der Waals surface area contributed by atoms with Gasteiger partial charge in [-0.15, -0.1) is 5.10 Å². The fourth-order valence-electron chi connectivity index (χ4n) is 2.87. The number of piperidine rings is 1. The van der Waals surface area contributed by atoms with Crippen LogP contribution in [0.3, 0.4) is 0 Å². The number of amides is 1. The molecular formula is C16H20BrN5O. The number of rotatable bonds is 3. The Labute approximate surface area is 143 Å². The summed E-state index contributed by atoms with van der Waals surface area (Å²) in [5, 5.41) is 14.6. The standard InChI is InChI=1S/C16H20BrN5O/c1-10-13(17)4-3-5-14(10)19-16(23)15-11(2)22(21-20-15)12-6-8-18-9-7-12/h3-5,12,18H,6-9H2,1-2H3,(H,19,23). The molecule has 0 atom stereocenters. The Morgan fingerprint density at radius 1 is 1.35 bits per heavy atom. The highest BCUT2D eigenvalue weighted by Gasteiger charge is 2.23. The summed E-state index contributed by atoms with van der Waals surface area (Å²) in [6.07, 6.45) is 2.02. The number of aromatic nitrogens is 3. The normalized spacial score (nSPS) is 15.6. The molecule has 1 saturated heterocycles. The molecule has 0 radical (unpaired) electrons. The first-order chi connectivity index (χ1) is 11.1. The van der Waals surface area contributed by atoms with Crippen molar-refractivity contribution in [2.45, 2.75) is 32.7 Å². The number of carbonyl (C=O) groups excluding carboxylic acids is 1. The summed E-state index contributed by atoms with van der Waals surface area (Å²) >= 11 is 3.47. The first-order valence-corrected chi connectivity index (χ1v) is 8.56. The lowest BCUT2D eigenvalue weighted by atomic mass is 10.1. The average Bonchev–Trinajstić information content (AvgIpc) is 2.94. The van der Waals surface area contributed by atoms with E-state index < -0.39 is 0 Å². The molecule has 0 bridgehead atoms. The minimum atomic E-state index is -0.219. The van der Waals surface area contributed by atoms with Gasteiger partial charge in [-0.25, -0.2) is 4.68 Å². The van der Waals surface area contributed by atoms with E-state index in [1.807, 2.05) is 36.7 Å². The van der Waals surface area contributed by atoms with Crippen LogP contribution in [-0.4, -0.2) is 34.0 Å². The number of hydrogen-bond acceptors (Lipinski definition) is 4. The minimum absolute atomic E-state index is 0.219. The summed E-state index contributed by atoms with van der Waals surface area (Å²) in [5.74, 6) is -0.219. The molecule has 1 aromatic heterocycles. The zero-order valence-corrected chi connectivity index (χ0v) is 14.9. The van der Waals surface area contributed by atoms with Crippen LogP contribution in [0, 0.1) is 13.8 Å². The van der Waals surface area contributed by atoms with Gasteiger partial charge in [-0.1, -0.05) is 27.2 Å². The van der Waals surface area contributed by atoms with Crippen LogP contribution >= 0.6 is 15.9 Å². The van der Waals surface area contributed by atoms with E-state index in [2.05, 4.69) is 36.9 Å². The fraction of sp³-hybridized carbons (Fsp3) is 0.438. The summed E-state index contributed by atoms with van der Waals surface area (Å²) in [6.45, 7) is 5.81. The van der Waals surface area contributed by atoms with E-state index in [9.17, 15) is 4.79 Å². The molecule has 0 saturated carbocycles. The number of halogens is 1. The fourth-order valence-corrected chi connectivity index (χ4v) is 3.24. The Hall–Kier alpha value is -1.73. The first kappa shape index (κ1) is 16.1. The smallest absolute Gasteiger partial charge is 0.278 e. The van der Waals surface area contributed by atoms with E-state index in [-0.39, 0.29) is 5.91 Å². The molecule has 0 unspecified atom stereocenters. The monoisotopic (exact) mass is 377 g/mol. The maximum Gasteiger partial charge on any atom is 0.278 e. The molecule has 1 aromatic carbocycles. The second kappa shape index (κ2) is 6.80. The summed E-state index contributed by atoms with van der Waals surface area (Å²) in [6, 6.07) is 6.04. The third kappa shape index (κ3) is 3.30. The van der Waals surface area contributed by atoms with Gasteiger partial charge in [0.25, 0.3) is 5.91 Å². The Kier molecular flexibility index (Phi) is 4.77. The van der Waals surface area contributed by atoms with Crippen LogP contribution in [-0.2, 0) is 0 Å². The topological polar surface area (TPSA) is 71.8 Å². The minimum Gasteiger partial charge on any atom is -0.320 e. The maximum atomic E-state index is 12.5. The lowest BCUT2D eigenvalue weighted by molar-refractivity contribution is 0.102. The van der Waals surface area contributed by atoms with Crippen LogP contribution in [0.4, 0.5) is 5.69 Å². The third-order valence-corrected chi connectivity index (χ3v) is 5.17. The number of anilines is 1. The van der Waals surface area contributed by atoms with Crippen molar-refractivity contribution in [2.24, 2.45) is 0 Å². The van der Waals surface area contributed by atoms with Gasteiger partial charge >= 0.3 is 0 Å². The van der Waals surface area contributed by atoms with Gasteiger partial charge in [-0.3, -0.25) is 4.79 Å². The average molecular weight is 378 g/mol. The van der Waals surface area contributed by atoms with Crippen LogP contribution in [0.15, 0.2) is 22.7 Å². The van der Waals surface area contributed by atoms with Crippen molar-refractivity contribution in [2.75, 3.05) is 18.4 Å². The highest BCUT2D eigenvalue weighted by atomic mass is 79.9. The van der Waals surface area contributed by atoms with E-state index in [0.717, 1.165) is 47.3 Å². The summed E-state index contributed by atoms with van der Waals surface area (Å²) in [5.41, 5.74) is 2.98. The predicted octanol–water partition coefficient (Wildman–Crippen LogP) is 2.83. The first-order valence-electron chi connectivity index (χ1n) is 7.77. The van der Waals surface area contributed by atoms with Gasteiger partial charge in [0.1, 0.15) is 0 Å². The van der Waals surface area contributed by atoms with Crippen LogP contribution in [0.2, 0.25) is 0 Å². The van der Waals surface area contributed by atoms with Crippen LogP contribution in [0.25, 0.3) is 0 Å². The lowest BCUT2D eigenvalue weighted by Gasteiger charge is -2.23. The van der Waals surface area contributed by atoms with Gasteiger partial charge in [0.2, 0.25) is 0 Å². The Bertz CT molecular complexity index is 721. The Balaban J connectivity index is 1.80. The number of benzene rings is 1. The SMILES string of the molecule is Cc1c(Br)cccc1NC(=O)c1nnn(C2CCNCC2)c1C. The molecule has 1 amide bonds. The van der Waals surface area contributed by atoms with Crippen molar-refractivity contribution < 1.29 is 4.79 Å². The van der Waals surface area contributed by atoms with E-state index in [1.165, 1.54) is 0 Å². The molecule has 3 rings (SSSR count). The molecule has 7 heteroatoms. The van der Waals surface area contributed by atoms with Crippen molar-refractivity contribution in [1.82, 2.24) is 20.3 Å². The van der Waals surface area contributed by atoms with Crippen molar-refractivity contribution >= 4 is 27.5 Å². The zero-order chi connectivity index (χ0) is 16.4. The molecule has 2 aromatic rings. The summed E-state index contributed by atoms with van der Waals surface area (Å²) in [4.78, 5) is 12.5. The molecule has 23 heavy (non-hydrogen) atoms. The lowest BCUT2D eigenvalue weighted by Crippen LogP contribution is -2.30. The molecule has 6 nitrogen and oxygen atoms in total. The third-order valence-electron chi connectivity index (χ3n) is 4.31. The molecular weight excluding hydrogens is 358 g/mol. The molecule has 1 aliphatic heterocycles. The summed E-state index contributed by atoms with van der Waals surface area (Å²) < 4.78 is 2.86. The molecule has 1 fully saturated rings. The Morgan fingerprint density at radius 3 is 2.83 bits per heavy atom. The second-order valence-corrected chi connectivity index (χ2v) is 6.67. The molecule has 0 spiro atoms. The van der Waals surface area contributed by atoms with Crippen LogP contribution in [0.1, 0.15) is 40.6 Å². The van der Waals surface area contributed by atoms with Crippen LogP contribution < -0.4 is 10.6 Å². The van der Waals surface area contributed by atoms with Crippen molar-refractivity contribution in [3.05, 3.63) is 39.6 Å². The van der Waals surface area contributed by atoms with E-state index in [0.29, 0.717) is 11.7 Å². The Morgan fingerprint density at radius 2 is 2.09 bits per heavy atom. The van der Waals surface area contributed by atoms with E-state index in [4.69, 9.17) is 0 Å². The highest BCUT2D eigenvalue weighted by Crippen LogP contribution is 2.25. The van der Waals surface area contributed by atoms with Gasteiger partial charge in [-0.05, 0) is 57.5 Å². The number of carbonyl (C=O) groups is 1.